The molecule has 1 aromatic rings. The van der Waals surface area contributed by atoms with E-state index in [1.807, 2.05) is 42.2 Å². The van der Waals surface area contributed by atoms with Gasteiger partial charge in [-0.05, 0) is 64.6 Å². The minimum Gasteiger partial charge on any atom is -0.445 e. The molecule has 0 saturated heterocycles. The second kappa shape index (κ2) is 15.2. The minimum absolute atomic E-state index is 0.208. The highest BCUT2D eigenvalue weighted by Gasteiger charge is 2.29. The average Bonchev–Trinajstić information content (AvgIpc) is 2.79. The Morgan fingerprint density at radius 2 is 1.74 bits per heavy atom. The smallest absolute Gasteiger partial charge is 0.410 e. The SMILES string of the molecule is CCN(C(=O)OCc1ccccc1)[C@H]1CC[C@H](OCCCCCCN(C)CCO)CC1. The summed E-state index contributed by atoms with van der Waals surface area (Å²) in [6.45, 7) is 5.90. The van der Waals surface area contributed by atoms with Crippen LogP contribution >= 0.6 is 0 Å². The summed E-state index contributed by atoms with van der Waals surface area (Å²) in [5.74, 6) is 0. The second-order valence-electron chi connectivity index (χ2n) is 8.57. The van der Waals surface area contributed by atoms with Gasteiger partial charge >= 0.3 is 6.09 Å². The predicted octanol–water partition coefficient (Wildman–Crippen LogP) is 4.46. The van der Waals surface area contributed by atoms with Gasteiger partial charge in [0.05, 0.1) is 12.7 Å². The Labute approximate surface area is 188 Å². The molecular formula is C25H42N2O4. The average molecular weight is 435 g/mol. The van der Waals surface area contributed by atoms with Crippen LogP contribution in [0.1, 0.15) is 63.9 Å². The summed E-state index contributed by atoms with van der Waals surface area (Å²) >= 11 is 0. The maximum Gasteiger partial charge on any atom is 0.410 e. The standard InChI is InChI=1S/C25H42N2O4/c1-3-27(25(29)31-21-22-11-7-6-8-12-22)23-13-15-24(16-14-23)30-20-10-5-4-9-17-26(2)18-19-28/h6-8,11-12,23-24,28H,3-5,9-10,13-21H2,1-2H3/t23-,24-. The molecule has 0 aromatic heterocycles. The number of benzene rings is 1. The van der Waals surface area contributed by atoms with E-state index < -0.39 is 0 Å². The third-order valence-corrected chi connectivity index (χ3v) is 6.13. The summed E-state index contributed by atoms with van der Waals surface area (Å²) in [6, 6.07) is 10.1. The van der Waals surface area contributed by atoms with E-state index in [0.29, 0.717) is 19.3 Å². The third kappa shape index (κ3) is 10.0. The Morgan fingerprint density at radius 1 is 1.03 bits per heavy atom. The van der Waals surface area contributed by atoms with Gasteiger partial charge in [0.2, 0.25) is 0 Å². The topological polar surface area (TPSA) is 62.2 Å². The van der Waals surface area contributed by atoms with Crippen LogP contribution in [0.5, 0.6) is 0 Å². The minimum atomic E-state index is -0.208. The molecule has 0 unspecified atom stereocenters. The first-order valence-corrected chi connectivity index (χ1v) is 12.0. The molecule has 1 fully saturated rings. The number of carbonyl (C=O) groups excluding carboxylic acids is 1. The van der Waals surface area contributed by atoms with Crippen LogP contribution in [0.4, 0.5) is 4.79 Å². The van der Waals surface area contributed by atoms with Crippen molar-refractivity contribution < 1.29 is 19.4 Å². The fourth-order valence-electron chi connectivity index (χ4n) is 4.23. The van der Waals surface area contributed by atoms with Crippen LogP contribution in [0.3, 0.4) is 0 Å². The number of amides is 1. The number of likely N-dealkylation sites (N-methyl/N-ethyl adjacent to an activating group) is 1. The first kappa shape index (κ1) is 25.6. The van der Waals surface area contributed by atoms with Gasteiger partial charge in [0, 0.05) is 25.7 Å². The summed E-state index contributed by atoms with van der Waals surface area (Å²) in [7, 11) is 2.05. The van der Waals surface area contributed by atoms with Crippen molar-refractivity contribution in [2.24, 2.45) is 0 Å². The number of hydrogen-bond acceptors (Lipinski definition) is 5. The zero-order valence-corrected chi connectivity index (χ0v) is 19.5. The van der Waals surface area contributed by atoms with Crippen LogP contribution < -0.4 is 0 Å². The highest BCUT2D eigenvalue weighted by atomic mass is 16.6. The molecule has 176 valence electrons. The van der Waals surface area contributed by atoms with E-state index in [-0.39, 0.29) is 18.7 Å². The number of rotatable bonds is 14. The molecule has 0 bridgehead atoms. The van der Waals surface area contributed by atoms with E-state index >= 15 is 0 Å². The van der Waals surface area contributed by atoms with Gasteiger partial charge in [-0.3, -0.25) is 0 Å². The maximum atomic E-state index is 12.6. The summed E-state index contributed by atoms with van der Waals surface area (Å²) in [5.41, 5.74) is 1.01. The first-order valence-electron chi connectivity index (χ1n) is 12.0. The molecule has 6 heteroatoms. The zero-order chi connectivity index (χ0) is 22.3. The molecular weight excluding hydrogens is 392 g/mol. The number of aliphatic hydroxyl groups is 1. The number of ether oxygens (including phenoxy) is 2. The van der Waals surface area contributed by atoms with Crippen molar-refractivity contribution in [1.82, 2.24) is 9.80 Å². The molecule has 1 N–H and O–H groups in total. The van der Waals surface area contributed by atoms with Crippen molar-refractivity contribution in [3.63, 3.8) is 0 Å². The normalized spacial score (nSPS) is 18.8. The van der Waals surface area contributed by atoms with Crippen molar-refractivity contribution in [2.45, 2.75) is 77.0 Å². The molecule has 1 aliphatic carbocycles. The van der Waals surface area contributed by atoms with E-state index in [0.717, 1.165) is 57.4 Å². The Kier molecular flexibility index (Phi) is 12.6. The molecule has 1 amide bonds. The fourth-order valence-corrected chi connectivity index (χ4v) is 4.23. The molecule has 0 heterocycles. The molecule has 6 nitrogen and oxygen atoms in total. The molecule has 1 aliphatic rings. The zero-order valence-electron chi connectivity index (χ0n) is 19.5. The van der Waals surface area contributed by atoms with Crippen LogP contribution in [-0.4, -0.2) is 73.0 Å². The largest absolute Gasteiger partial charge is 0.445 e. The number of unbranched alkanes of at least 4 members (excludes halogenated alkanes) is 3. The lowest BCUT2D eigenvalue weighted by Gasteiger charge is -2.35. The molecule has 0 aliphatic heterocycles. The molecule has 0 spiro atoms. The lowest BCUT2D eigenvalue weighted by Crippen LogP contribution is -2.43. The number of aliphatic hydroxyl groups excluding tert-OH is 1. The highest BCUT2D eigenvalue weighted by Crippen LogP contribution is 2.26. The van der Waals surface area contributed by atoms with Gasteiger partial charge in [-0.15, -0.1) is 0 Å². The third-order valence-electron chi connectivity index (χ3n) is 6.13. The predicted molar refractivity (Wildman–Crippen MR) is 124 cm³/mol. The summed E-state index contributed by atoms with van der Waals surface area (Å²) in [5, 5.41) is 8.90. The monoisotopic (exact) mass is 434 g/mol. The van der Waals surface area contributed by atoms with E-state index in [2.05, 4.69) is 11.9 Å². The highest BCUT2D eigenvalue weighted by molar-refractivity contribution is 5.68. The van der Waals surface area contributed by atoms with Crippen molar-refractivity contribution in [3.8, 4) is 0 Å². The van der Waals surface area contributed by atoms with Crippen LogP contribution in [0.15, 0.2) is 30.3 Å². The second-order valence-corrected chi connectivity index (χ2v) is 8.57. The van der Waals surface area contributed by atoms with Gasteiger partial charge in [-0.1, -0.05) is 43.2 Å². The van der Waals surface area contributed by atoms with Crippen molar-refractivity contribution in [1.29, 1.82) is 0 Å². The quantitative estimate of drug-likeness (QED) is 0.438. The Morgan fingerprint density at radius 3 is 2.42 bits per heavy atom. The maximum absolute atomic E-state index is 12.6. The van der Waals surface area contributed by atoms with Crippen molar-refractivity contribution in [3.05, 3.63) is 35.9 Å². The molecule has 31 heavy (non-hydrogen) atoms. The number of carbonyl (C=O) groups is 1. The summed E-state index contributed by atoms with van der Waals surface area (Å²) in [4.78, 5) is 16.6. The summed E-state index contributed by atoms with van der Waals surface area (Å²) in [6.07, 6.45) is 8.79. The number of hydrogen-bond donors (Lipinski definition) is 1. The van der Waals surface area contributed by atoms with E-state index in [4.69, 9.17) is 14.6 Å². The molecule has 0 atom stereocenters. The van der Waals surface area contributed by atoms with Crippen molar-refractivity contribution in [2.75, 3.05) is 39.9 Å². The molecule has 2 rings (SSSR count). The first-order chi connectivity index (χ1) is 15.1. The Balaban J connectivity index is 1.56. The van der Waals surface area contributed by atoms with Gasteiger partial charge in [-0.25, -0.2) is 4.79 Å². The van der Waals surface area contributed by atoms with Crippen molar-refractivity contribution >= 4 is 6.09 Å². The lowest BCUT2D eigenvalue weighted by atomic mass is 9.92. The number of nitrogens with zero attached hydrogens (tertiary/aromatic N) is 2. The van der Waals surface area contributed by atoms with Crippen LogP contribution in [0, 0.1) is 0 Å². The fraction of sp³-hybridized carbons (Fsp3) is 0.720. The van der Waals surface area contributed by atoms with Gasteiger partial charge in [0.15, 0.2) is 0 Å². The van der Waals surface area contributed by atoms with Gasteiger partial charge in [-0.2, -0.15) is 0 Å². The summed E-state index contributed by atoms with van der Waals surface area (Å²) < 4.78 is 11.6. The van der Waals surface area contributed by atoms with Crippen LogP contribution in [0.2, 0.25) is 0 Å². The molecule has 1 aromatic carbocycles. The van der Waals surface area contributed by atoms with E-state index in [1.54, 1.807) is 0 Å². The van der Waals surface area contributed by atoms with E-state index in [1.165, 1.54) is 19.3 Å². The lowest BCUT2D eigenvalue weighted by molar-refractivity contribution is 0.00402. The van der Waals surface area contributed by atoms with Gasteiger partial charge in [0.1, 0.15) is 6.61 Å². The van der Waals surface area contributed by atoms with Crippen LogP contribution in [0.25, 0.3) is 0 Å². The molecule has 0 radical (unpaired) electrons. The van der Waals surface area contributed by atoms with Gasteiger partial charge < -0.3 is 24.4 Å². The van der Waals surface area contributed by atoms with Crippen LogP contribution in [-0.2, 0) is 16.1 Å². The molecule has 1 saturated carbocycles. The van der Waals surface area contributed by atoms with E-state index in [9.17, 15) is 4.79 Å². The Bertz CT molecular complexity index is 590. The Hall–Kier alpha value is -1.63. The van der Waals surface area contributed by atoms with Gasteiger partial charge in [0.25, 0.3) is 0 Å².